The van der Waals surface area contributed by atoms with Crippen molar-refractivity contribution in [3.63, 3.8) is 0 Å². The maximum absolute atomic E-state index is 11.2. The quantitative estimate of drug-likeness (QED) is 0.644. The number of nitrogens with one attached hydrogen (secondary N) is 1. The number of para-hydroxylation sites is 1. The van der Waals surface area contributed by atoms with Gasteiger partial charge in [-0.3, -0.25) is 4.79 Å². The zero-order chi connectivity index (χ0) is 11.6. The minimum absolute atomic E-state index is 0.167. The summed E-state index contributed by atoms with van der Waals surface area (Å²) in [4.78, 5) is 11.2. The third-order valence-corrected chi connectivity index (χ3v) is 1.86. The summed E-state index contributed by atoms with van der Waals surface area (Å²) in [6, 6.07) is 5.11. The number of anilines is 2. The molecule has 0 heterocycles. The summed E-state index contributed by atoms with van der Waals surface area (Å²) in [6.07, 6.45) is 0. The molecule has 1 rings (SSSR count). The molecule has 1 aromatic rings. The lowest BCUT2D eigenvalue weighted by Gasteiger charge is -2.24. The number of hydrogen-bond acceptors (Lipinski definition) is 3. The highest BCUT2D eigenvalue weighted by molar-refractivity contribution is 6.01. The normalized spacial score (nSPS) is 11.1. The highest BCUT2D eigenvalue weighted by Crippen LogP contribution is 2.26. The largest absolute Gasteiger partial charge is 0.397 e. The predicted molar refractivity (Wildman–Crippen MR) is 62.7 cm³/mol. The van der Waals surface area contributed by atoms with E-state index in [1.165, 1.54) is 0 Å². The smallest absolute Gasteiger partial charge is 0.250 e. The van der Waals surface area contributed by atoms with Gasteiger partial charge in [-0.1, -0.05) is 6.07 Å². The standard InChI is InChI=1S/C11H17N3O/c1-11(2,3)14-9-7(10(13)15)5-4-6-8(9)12/h4-6,14H,12H2,1-3H3,(H2,13,15). The lowest BCUT2D eigenvalue weighted by Crippen LogP contribution is -2.28. The molecule has 82 valence electrons. The number of benzene rings is 1. The molecule has 0 bridgehead atoms. The first kappa shape index (κ1) is 11.4. The summed E-state index contributed by atoms with van der Waals surface area (Å²) in [5.74, 6) is -0.478. The van der Waals surface area contributed by atoms with Gasteiger partial charge in [0.15, 0.2) is 0 Å². The summed E-state index contributed by atoms with van der Waals surface area (Å²) in [5, 5.41) is 3.17. The zero-order valence-electron chi connectivity index (χ0n) is 9.29. The number of carbonyl (C=O) groups is 1. The molecule has 0 spiro atoms. The average Bonchev–Trinajstić information content (AvgIpc) is 2.05. The van der Waals surface area contributed by atoms with Crippen molar-refractivity contribution in [2.75, 3.05) is 11.1 Å². The maximum Gasteiger partial charge on any atom is 0.250 e. The van der Waals surface area contributed by atoms with Crippen molar-refractivity contribution in [3.05, 3.63) is 23.8 Å². The number of carbonyl (C=O) groups excluding carboxylic acids is 1. The van der Waals surface area contributed by atoms with Crippen LogP contribution in [0.3, 0.4) is 0 Å². The average molecular weight is 207 g/mol. The molecule has 0 saturated carbocycles. The molecular weight excluding hydrogens is 190 g/mol. The van der Waals surface area contributed by atoms with Crippen LogP contribution in [0.5, 0.6) is 0 Å². The molecule has 0 aromatic heterocycles. The van der Waals surface area contributed by atoms with E-state index in [4.69, 9.17) is 11.5 Å². The second-order valence-corrected chi connectivity index (χ2v) is 4.51. The second-order valence-electron chi connectivity index (χ2n) is 4.51. The second kappa shape index (κ2) is 3.81. The fourth-order valence-corrected chi connectivity index (χ4v) is 1.29. The van der Waals surface area contributed by atoms with Crippen LogP contribution in [0.15, 0.2) is 18.2 Å². The first-order chi connectivity index (χ1) is 6.81. The van der Waals surface area contributed by atoms with Crippen molar-refractivity contribution in [2.45, 2.75) is 26.3 Å². The molecule has 0 aliphatic carbocycles. The van der Waals surface area contributed by atoms with Gasteiger partial charge in [0.2, 0.25) is 0 Å². The van der Waals surface area contributed by atoms with Crippen molar-refractivity contribution in [3.8, 4) is 0 Å². The first-order valence-electron chi connectivity index (χ1n) is 4.78. The molecule has 0 aliphatic heterocycles. The van der Waals surface area contributed by atoms with Crippen LogP contribution in [-0.2, 0) is 0 Å². The zero-order valence-corrected chi connectivity index (χ0v) is 9.29. The monoisotopic (exact) mass is 207 g/mol. The summed E-state index contributed by atoms with van der Waals surface area (Å²) in [5.41, 5.74) is 12.5. The minimum Gasteiger partial charge on any atom is -0.397 e. The van der Waals surface area contributed by atoms with Crippen LogP contribution in [-0.4, -0.2) is 11.4 Å². The van der Waals surface area contributed by atoms with Gasteiger partial charge in [-0.05, 0) is 32.9 Å². The van der Waals surface area contributed by atoms with Gasteiger partial charge in [0.05, 0.1) is 16.9 Å². The Kier molecular flexibility index (Phi) is 2.88. The van der Waals surface area contributed by atoms with E-state index in [1.807, 2.05) is 20.8 Å². The lowest BCUT2D eigenvalue weighted by atomic mass is 10.0. The van der Waals surface area contributed by atoms with Crippen LogP contribution in [0.4, 0.5) is 11.4 Å². The Bertz CT molecular complexity index is 380. The Labute approximate surface area is 89.6 Å². The molecule has 0 fully saturated rings. The fraction of sp³-hybridized carbons (Fsp3) is 0.364. The van der Waals surface area contributed by atoms with Gasteiger partial charge in [-0.2, -0.15) is 0 Å². The van der Waals surface area contributed by atoms with Gasteiger partial charge in [0.1, 0.15) is 0 Å². The van der Waals surface area contributed by atoms with Crippen molar-refractivity contribution < 1.29 is 4.79 Å². The molecular formula is C11H17N3O. The van der Waals surface area contributed by atoms with Gasteiger partial charge in [0, 0.05) is 5.54 Å². The van der Waals surface area contributed by atoms with Gasteiger partial charge in [-0.25, -0.2) is 0 Å². The Morgan fingerprint density at radius 1 is 1.33 bits per heavy atom. The van der Waals surface area contributed by atoms with Crippen molar-refractivity contribution >= 4 is 17.3 Å². The highest BCUT2D eigenvalue weighted by atomic mass is 16.1. The SMILES string of the molecule is CC(C)(C)Nc1c(N)cccc1C(N)=O. The number of hydrogen-bond donors (Lipinski definition) is 3. The van der Waals surface area contributed by atoms with Gasteiger partial charge in [0.25, 0.3) is 5.91 Å². The first-order valence-corrected chi connectivity index (χ1v) is 4.78. The maximum atomic E-state index is 11.2. The molecule has 0 unspecified atom stereocenters. The molecule has 0 radical (unpaired) electrons. The number of primary amides is 1. The van der Waals surface area contributed by atoms with Crippen LogP contribution in [0.1, 0.15) is 31.1 Å². The van der Waals surface area contributed by atoms with Gasteiger partial charge in [-0.15, -0.1) is 0 Å². The highest BCUT2D eigenvalue weighted by Gasteiger charge is 2.16. The molecule has 1 aromatic carbocycles. The lowest BCUT2D eigenvalue weighted by molar-refractivity contribution is 0.100. The number of nitrogens with two attached hydrogens (primary N) is 2. The molecule has 0 aliphatic rings. The predicted octanol–water partition coefficient (Wildman–Crippen LogP) is 1.58. The number of amides is 1. The molecule has 4 heteroatoms. The number of nitrogen functional groups attached to an aromatic ring is 1. The summed E-state index contributed by atoms with van der Waals surface area (Å²) in [6.45, 7) is 5.97. The molecule has 4 nitrogen and oxygen atoms in total. The van der Waals surface area contributed by atoms with E-state index in [-0.39, 0.29) is 5.54 Å². The summed E-state index contributed by atoms with van der Waals surface area (Å²) < 4.78 is 0. The third kappa shape index (κ3) is 2.87. The number of rotatable bonds is 2. The van der Waals surface area contributed by atoms with E-state index in [1.54, 1.807) is 18.2 Å². The molecule has 15 heavy (non-hydrogen) atoms. The summed E-state index contributed by atoms with van der Waals surface area (Å²) >= 11 is 0. The Hall–Kier alpha value is -1.71. The topological polar surface area (TPSA) is 81.1 Å². The van der Waals surface area contributed by atoms with Gasteiger partial charge < -0.3 is 16.8 Å². The Morgan fingerprint density at radius 2 is 1.93 bits per heavy atom. The van der Waals surface area contributed by atoms with Crippen molar-refractivity contribution in [2.24, 2.45) is 5.73 Å². The minimum atomic E-state index is -0.478. The van der Waals surface area contributed by atoms with Crippen LogP contribution in [0.25, 0.3) is 0 Å². The van der Waals surface area contributed by atoms with Crippen LogP contribution >= 0.6 is 0 Å². The van der Waals surface area contributed by atoms with E-state index >= 15 is 0 Å². The van der Waals surface area contributed by atoms with E-state index in [0.29, 0.717) is 16.9 Å². The molecule has 5 N–H and O–H groups in total. The van der Waals surface area contributed by atoms with Crippen LogP contribution < -0.4 is 16.8 Å². The van der Waals surface area contributed by atoms with E-state index < -0.39 is 5.91 Å². The molecule has 1 amide bonds. The van der Waals surface area contributed by atoms with E-state index in [0.717, 1.165) is 0 Å². The van der Waals surface area contributed by atoms with E-state index in [9.17, 15) is 4.79 Å². The van der Waals surface area contributed by atoms with Gasteiger partial charge >= 0.3 is 0 Å². The van der Waals surface area contributed by atoms with Crippen molar-refractivity contribution in [1.82, 2.24) is 0 Å². The third-order valence-electron chi connectivity index (χ3n) is 1.86. The van der Waals surface area contributed by atoms with Crippen LogP contribution in [0.2, 0.25) is 0 Å². The Morgan fingerprint density at radius 3 is 2.40 bits per heavy atom. The van der Waals surface area contributed by atoms with Crippen molar-refractivity contribution in [1.29, 1.82) is 0 Å². The Balaban J connectivity index is 3.19. The molecule has 0 saturated heterocycles. The fourth-order valence-electron chi connectivity index (χ4n) is 1.29. The summed E-state index contributed by atoms with van der Waals surface area (Å²) in [7, 11) is 0. The van der Waals surface area contributed by atoms with E-state index in [2.05, 4.69) is 5.32 Å². The molecule has 0 atom stereocenters. The van der Waals surface area contributed by atoms with Crippen LogP contribution in [0, 0.1) is 0 Å².